The van der Waals surface area contributed by atoms with E-state index in [1.165, 1.54) is 35.1 Å². The van der Waals surface area contributed by atoms with Crippen LogP contribution in [0.2, 0.25) is 0 Å². The molecule has 0 fully saturated rings. The first-order valence-corrected chi connectivity index (χ1v) is 11.8. The van der Waals surface area contributed by atoms with Crippen LogP contribution in [-0.2, 0) is 17.6 Å². The van der Waals surface area contributed by atoms with E-state index in [9.17, 15) is 10.1 Å². The Balaban J connectivity index is 1.37. The van der Waals surface area contributed by atoms with Crippen molar-refractivity contribution in [2.24, 2.45) is 0 Å². The number of methoxy groups -OCH3 is 1. The average Bonchev–Trinajstić information content (AvgIpc) is 3.00. The molecule has 0 atom stereocenters. The molecule has 0 aliphatic heterocycles. The van der Waals surface area contributed by atoms with E-state index in [2.05, 4.69) is 16.4 Å². The summed E-state index contributed by atoms with van der Waals surface area (Å²) in [5.41, 5.74) is 3.77. The van der Waals surface area contributed by atoms with Crippen molar-refractivity contribution in [2.75, 3.05) is 18.2 Å². The van der Waals surface area contributed by atoms with E-state index in [1.807, 2.05) is 24.3 Å². The van der Waals surface area contributed by atoms with Crippen molar-refractivity contribution in [2.45, 2.75) is 43.6 Å². The number of fused-ring (bicyclic) bond motifs is 2. The number of amides is 1. The highest BCUT2D eigenvalue weighted by Crippen LogP contribution is 2.30. The standard InChI is InChI=1S/C22H22N4O2S2/c1-28-16-7-8-18-19(12-16)30-22(25-18)26-20(27)9-10-29-21-15(13-23)11-14-5-3-2-4-6-17(14)24-21/h7-8,11-12H,2-6,9-10H2,1H3,(H,25,26,27). The van der Waals surface area contributed by atoms with E-state index in [1.54, 1.807) is 7.11 Å². The van der Waals surface area contributed by atoms with Gasteiger partial charge in [0.25, 0.3) is 0 Å². The maximum atomic E-state index is 12.4. The van der Waals surface area contributed by atoms with Crippen LogP contribution < -0.4 is 10.1 Å². The number of nitrogens with zero attached hydrogens (tertiary/aromatic N) is 3. The molecule has 2 aromatic heterocycles. The Morgan fingerprint density at radius 2 is 2.13 bits per heavy atom. The smallest absolute Gasteiger partial charge is 0.226 e. The molecule has 154 valence electrons. The normalized spacial score (nSPS) is 13.3. The van der Waals surface area contributed by atoms with Gasteiger partial charge in [-0.1, -0.05) is 17.8 Å². The van der Waals surface area contributed by atoms with Crippen molar-refractivity contribution < 1.29 is 9.53 Å². The van der Waals surface area contributed by atoms with Gasteiger partial charge in [0.2, 0.25) is 5.91 Å². The Labute approximate surface area is 183 Å². The van der Waals surface area contributed by atoms with Crippen LogP contribution in [0.4, 0.5) is 5.13 Å². The molecule has 1 aliphatic rings. The zero-order valence-corrected chi connectivity index (χ0v) is 18.4. The molecule has 2 heterocycles. The van der Waals surface area contributed by atoms with Gasteiger partial charge in [-0.05, 0) is 55.5 Å². The number of pyridine rings is 1. The maximum absolute atomic E-state index is 12.4. The molecule has 1 N–H and O–H groups in total. The van der Waals surface area contributed by atoms with E-state index in [0.717, 1.165) is 52.4 Å². The molecular formula is C22H22N4O2S2. The second kappa shape index (κ2) is 9.45. The van der Waals surface area contributed by atoms with Crippen molar-refractivity contribution in [3.05, 3.63) is 41.1 Å². The van der Waals surface area contributed by atoms with Crippen molar-refractivity contribution in [3.63, 3.8) is 0 Å². The summed E-state index contributed by atoms with van der Waals surface area (Å²) < 4.78 is 6.19. The van der Waals surface area contributed by atoms with Crippen LogP contribution in [-0.4, -0.2) is 28.7 Å². The van der Waals surface area contributed by atoms with Gasteiger partial charge in [-0.25, -0.2) is 9.97 Å². The Morgan fingerprint density at radius 1 is 1.27 bits per heavy atom. The van der Waals surface area contributed by atoms with Gasteiger partial charge in [0, 0.05) is 17.9 Å². The van der Waals surface area contributed by atoms with Crippen LogP contribution in [0.3, 0.4) is 0 Å². The lowest BCUT2D eigenvalue weighted by Crippen LogP contribution is -2.12. The van der Waals surface area contributed by atoms with E-state index in [4.69, 9.17) is 9.72 Å². The molecule has 3 aromatic rings. The topological polar surface area (TPSA) is 87.9 Å². The molecule has 30 heavy (non-hydrogen) atoms. The second-order valence-corrected chi connectivity index (χ2v) is 9.23. The predicted molar refractivity (Wildman–Crippen MR) is 120 cm³/mol. The Kier molecular flexibility index (Phi) is 6.50. The molecule has 6 nitrogen and oxygen atoms in total. The number of anilines is 1. The first-order chi connectivity index (χ1) is 14.7. The van der Waals surface area contributed by atoms with Crippen LogP contribution in [0.25, 0.3) is 10.2 Å². The SMILES string of the molecule is COc1ccc2nc(NC(=O)CCSc3nc4c(cc3C#N)CCCCC4)sc2c1. The fourth-order valence-corrected chi connectivity index (χ4v) is 5.32. The minimum atomic E-state index is -0.0956. The molecule has 0 bridgehead atoms. The highest BCUT2D eigenvalue weighted by atomic mass is 32.2. The summed E-state index contributed by atoms with van der Waals surface area (Å²) in [5, 5.41) is 13.7. The number of hydrogen-bond donors (Lipinski definition) is 1. The summed E-state index contributed by atoms with van der Waals surface area (Å²) in [6.45, 7) is 0. The van der Waals surface area contributed by atoms with E-state index in [-0.39, 0.29) is 5.91 Å². The molecule has 0 spiro atoms. The summed E-state index contributed by atoms with van der Waals surface area (Å²) in [6.07, 6.45) is 5.81. The molecule has 1 aliphatic carbocycles. The summed E-state index contributed by atoms with van der Waals surface area (Å²) in [6, 6.07) is 9.90. The molecule has 0 radical (unpaired) electrons. The van der Waals surface area contributed by atoms with Crippen molar-refractivity contribution in [1.29, 1.82) is 5.26 Å². The van der Waals surface area contributed by atoms with Gasteiger partial charge in [-0.15, -0.1) is 11.8 Å². The average molecular weight is 439 g/mol. The zero-order chi connectivity index (χ0) is 20.9. The number of aryl methyl sites for hydroxylation is 2. The summed E-state index contributed by atoms with van der Waals surface area (Å²) in [5.74, 6) is 1.23. The fraction of sp³-hybridized carbons (Fsp3) is 0.364. The Morgan fingerprint density at radius 3 is 2.97 bits per heavy atom. The minimum absolute atomic E-state index is 0.0956. The number of thiazole rings is 1. The van der Waals surface area contributed by atoms with Crippen molar-refractivity contribution in [3.8, 4) is 11.8 Å². The number of aromatic nitrogens is 2. The van der Waals surface area contributed by atoms with Gasteiger partial charge in [0.05, 0.1) is 22.9 Å². The van der Waals surface area contributed by atoms with Crippen LogP contribution >= 0.6 is 23.1 Å². The van der Waals surface area contributed by atoms with E-state index in [0.29, 0.717) is 22.9 Å². The number of rotatable bonds is 6. The third kappa shape index (κ3) is 4.74. The van der Waals surface area contributed by atoms with Crippen LogP contribution in [0, 0.1) is 11.3 Å². The quantitative estimate of drug-likeness (QED) is 0.432. The third-order valence-electron chi connectivity index (χ3n) is 5.05. The number of carbonyl (C=O) groups excluding carboxylic acids is 1. The zero-order valence-electron chi connectivity index (χ0n) is 16.7. The summed E-state index contributed by atoms with van der Waals surface area (Å²) in [4.78, 5) is 21.6. The largest absolute Gasteiger partial charge is 0.497 e. The highest BCUT2D eigenvalue weighted by molar-refractivity contribution is 7.99. The fourth-order valence-electron chi connectivity index (χ4n) is 3.49. The molecule has 1 aromatic carbocycles. The molecule has 4 rings (SSSR count). The van der Waals surface area contributed by atoms with Crippen molar-refractivity contribution in [1.82, 2.24) is 9.97 Å². The molecule has 0 saturated carbocycles. The molecular weight excluding hydrogens is 416 g/mol. The number of benzene rings is 1. The van der Waals surface area contributed by atoms with E-state index >= 15 is 0 Å². The van der Waals surface area contributed by atoms with Crippen LogP contribution in [0.1, 0.15) is 42.5 Å². The first kappa shape index (κ1) is 20.6. The number of hydrogen-bond acceptors (Lipinski definition) is 7. The first-order valence-electron chi connectivity index (χ1n) is 9.96. The van der Waals surface area contributed by atoms with E-state index < -0.39 is 0 Å². The Bertz CT molecular complexity index is 1120. The predicted octanol–water partition coefficient (Wildman–Crippen LogP) is 4.96. The third-order valence-corrected chi connectivity index (χ3v) is 6.97. The van der Waals surface area contributed by atoms with Gasteiger partial charge >= 0.3 is 0 Å². The molecule has 0 saturated heterocycles. The lowest BCUT2D eigenvalue weighted by atomic mass is 10.1. The van der Waals surface area contributed by atoms with Gasteiger partial charge in [-0.3, -0.25) is 4.79 Å². The van der Waals surface area contributed by atoms with Gasteiger partial charge in [0.1, 0.15) is 16.8 Å². The lowest BCUT2D eigenvalue weighted by Gasteiger charge is -2.09. The van der Waals surface area contributed by atoms with Crippen LogP contribution in [0.5, 0.6) is 5.75 Å². The molecule has 8 heteroatoms. The van der Waals surface area contributed by atoms with Gasteiger partial charge < -0.3 is 10.1 Å². The number of thioether (sulfide) groups is 1. The number of carbonyl (C=O) groups is 1. The molecule has 0 unspecified atom stereocenters. The highest BCUT2D eigenvalue weighted by Gasteiger charge is 2.15. The monoisotopic (exact) mass is 438 g/mol. The number of nitriles is 1. The summed E-state index contributed by atoms with van der Waals surface area (Å²) in [7, 11) is 1.62. The van der Waals surface area contributed by atoms with Gasteiger partial charge in [-0.2, -0.15) is 5.26 Å². The van der Waals surface area contributed by atoms with Gasteiger partial charge in [0.15, 0.2) is 5.13 Å². The van der Waals surface area contributed by atoms with Crippen molar-refractivity contribution >= 4 is 44.4 Å². The number of nitrogens with one attached hydrogen (secondary N) is 1. The maximum Gasteiger partial charge on any atom is 0.226 e. The summed E-state index contributed by atoms with van der Waals surface area (Å²) >= 11 is 2.90. The Hall–Kier alpha value is -2.63. The lowest BCUT2D eigenvalue weighted by molar-refractivity contribution is -0.115. The minimum Gasteiger partial charge on any atom is -0.497 e. The number of ether oxygens (including phenoxy) is 1. The van der Waals surface area contributed by atoms with Crippen LogP contribution in [0.15, 0.2) is 29.3 Å². The molecule has 1 amide bonds. The second-order valence-electron chi connectivity index (χ2n) is 7.12.